The molecule has 0 saturated carbocycles. The molecule has 3 rings (SSSR count). The van der Waals surface area contributed by atoms with Crippen LogP contribution in [0.15, 0.2) is 35.0 Å². The van der Waals surface area contributed by atoms with Crippen molar-refractivity contribution in [3.63, 3.8) is 0 Å². The van der Waals surface area contributed by atoms with Gasteiger partial charge < -0.3 is 14.5 Å². The SMILES string of the molecule is C[C@@H]1CN(C(=O)Nc2cccc(N(C)C)n2)C[C@@H](c2ccsc2)O1. The van der Waals surface area contributed by atoms with Crippen molar-refractivity contribution in [2.24, 2.45) is 0 Å². The van der Waals surface area contributed by atoms with Crippen molar-refractivity contribution in [3.05, 3.63) is 40.6 Å². The van der Waals surface area contributed by atoms with Crippen LogP contribution in [-0.4, -0.2) is 49.2 Å². The number of nitrogens with zero attached hydrogens (tertiary/aromatic N) is 3. The Hall–Kier alpha value is -2.12. The number of ether oxygens (including phenoxy) is 1. The Morgan fingerprint density at radius 2 is 2.21 bits per heavy atom. The lowest BCUT2D eigenvalue weighted by Gasteiger charge is -2.36. The summed E-state index contributed by atoms with van der Waals surface area (Å²) in [7, 11) is 3.84. The molecule has 24 heavy (non-hydrogen) atoms. The van der Waals surface area contributed by atoms with Gasteiger partial charge in [0, 0.05) is 20.6 Å². The fraction of sp³-hybridized carbons (Fsp3) is 0.412. The first-order chi connectivity index (χ1) is 11.5. The molecular formula is C17H22N4O2S. The maximum atomic E-state index is 12.6. The monoisotopic (exact) mass is 346 g/mol. The number of thiophene rings is 1. The predicted molar refractivity (Wildman–Crippen MR) is 96.8 cm³/mol. The van der Waals surface area contributed by atoms with Gasteiger partial charge in [0.25, 0.3) is 0 Å². The van der Waals surface area contributed by atoms with Crippen LogP contribution in [0, 0.1) is 0 Å². The highest BCUT2D eigenvalue weighted by atomic mass is 32.1. The van der Waals surface area contributed by atoms with Crippen LogP contribution in [0.2, 0.25) is 0 Å². The van der Waals surface area contributed by atoms with Gasteiger partial charge in [-0.2, -0.15) is 11.3 Å². The third kappa shape index (κ3) is 3.85. The zero-order chi connectivity index (χ0) is 17.1. The summed E-state index contributed by atoms with van der Waals surface area (Å²) >= 11 is 1.64. The van der Waals surface area contributed by atoms with Gasteiger partial charge in [0.15, 0.2) is 0 Å². The Balaban J connectivity index is 1.69. The van der Waals surface area contributed by atoms with E-state index in [9.17, 15) is 4.79 Å². The molecule has 1 saturated heterocycles. The summed E-state index contributed by atoms with van der Waals surface area (Å²) in [6, 6.07) is 7.48. The predicted octanol–water partition coefficient (Wildman–Crippen LogP) is 3.20. The summed E-state index contributed by atoms with van der Waals surface area (Å²) in [5.41, 5.74) is 1.12. The van der Waals surface area contributed by atoms with Crippen molar-refractivity contribution >= 4 is 29.0 Å². The molecule has 2 amide bonds. The summed E-state index contributed by atoms with van der Waals surface area (Å²) in [5, 5.41) is 6.99. The van der Waals surface area contributed by atoms with Crippen molar-refractivity contribution in [1.82, 2.24) is 9.88 Å². The van der Waals surface area contributed by atoms with E-state index in [1.54, 1.807) is 22.3 Å². The zero-order valence-corrected chi connectivity index (χ0v) is 14.9. The fourth-order valence-electron chi connectivity index (χ4n) is 2.69. The van der Waals surface area contributed by atoms with Crippen molar-refractivity contribution < 1.29 is 9.53 Å². The Morgan fingerprint density at radius 1 is 1.38 bits per heavy atom. The van der Waals surface area contributed by atoms with E-state index in [2.05, 4.69) is 15.7 Å². The highest BCUT2D eigenvalue weighted by Crippen LogP contribution is 2.27. The molecule has 2 aromatic rings. The first-order valence-corrected chi connectivity index (χ1v) is 8.85. The lowest BCUT2D eigenvalue weighted by molar-refractivity contribution is -0.0640. The quantitative estimate of drug-likeness (QED) is 0.927. The van der Waals surface area contributed by atoms with Crippen LogP contribution in [0.5, 0.6) is 0 Å². The molecule has 0 unspecified atom stereocenters. The van der Waals surface area contributed by atoms with Gasteiger partial charge in [0.05, 0.1) is 12.6 Å². The van der Waals surface area contributed by atoms with Crippen LogP contribution >= 0.6 is 11.3 Å². The highest BCUT2D eigenvalue weighted by molar-refractivity contribution is 7.07. The molecule has 128 valence electrons. The minimum Gasteiger partial charge on any atom is -0.367 e. The molecule has 1 fully saturated rings. The molecule has 7 heteroatoms. The lowest BCUT2D eigenvalue weighted by Crippen LogP contribution is -2.47. The lowest BCUT2D eigenvalue weighted by atomic mass is 10.1. The maximum absolute atomic E-state index is 12.6. The summed E-state index contributed by atoms with van der Waals surface area (Å²) < 4.78 is 5.97. The van der Waals surface area contributed by atoms with E-state index in [4.69, 9.17) is 4.74 Å². The fourth-order valence-corrected chi connectivity index (χ4v) is 3.39. The minimum absolute atomic E-state index is 0.00420. The highest BCUT2D eigenvalue weighted by Gasteiger charge is 2.29. The first-order valence-electron chi connectivity index (χ1n) is 7.91. The standard InChI is InChI=1S/C17H22N4O2S/c1-12-9-21(10-14(23-12)13-7-8-24-11-13)17(22)19-15-5-4-6-16(18-15)20(2)3/h4-8,11-12,14H,9-10H2,1-3H3,(H,18,19,22)/t12-,14+/m1/s1. The number of aromatic nitrogens is 1. The summed E-state index contributed by atoms with van der Waals surface area (Å²) in [4.78, 5) is 20.7. The third-order valence-electron chi connectivity index (χ3n) is 3.89. The molecule has 2 atom stereocenters. The number of carbonyl (C=O) groups excluding carboxylic acids is 1. The van der Waals surface area contributed by atoms with Crippen LogP contribution in [0.25, 0.3) is 0 Å². The second kappa shape index (κ2) is 7.19. The van der Waals surface area contributed by atoms with Crippen LogP contribution in [0.1, 0.15) is 18.6 Å². The topological polar surface area (TPSA) is 57.7 Å². The van der Waals surface area contributed by atoms with Gasteiger partial charge in [-0.25, -0.2) is 9.78 Å². The molecule has 0 aliphatic carbocycles. The van der Waals surface area contributed by atoms with Gasteiger partial charge in [-0.05, 0) is 41.4 Å². The number of hydrogen-bond donors (Lipinski definition) is 1. The average Bonchev–Trinajstić information content (AvgIpc) is 3.09. The third-order valence-corrected chi connectivity index (χ3v) is 4.59. The Bertz CT molecular complexity index is 690. The van der Waals surface area contributed by atoms with Crippen LogP contribution < -0.4 is 10.2 Å². The van der Waals surface area contributed by atoms with E-state index in [1.807, 2.05) is 49.5 Å². The zero-order valence-electron chi connectivity index (χ0n) is 14.1. The minimum atomic E-state index is -0.145. The normalized spacial score (nSPS) is 20.7. The molecule has 0 bridgehead atoms. The van der Waals surface area contributed by atoms with Gasteiger partial charge in [0.1, 0.15) is 17.7 Å². The van der Waals surface area contributed by atoms with E-state index in [0.29, 0.717) is 18.9 Å². The number of morpholine rings is 1. The first kappa shape index (κ1) is 16.7. The van der Waals surface area contributed by atoms with Crippen molar-refractivity contribution in [3.8, 4) is 0 Å². The number of urea groups is 1. The Kier molecular flexibility index (Phi) is 5.01. The number of nitrogens with one attached hydrogen (secondary N) is 1. The van der Waals surface area contributed by atoms with Gasteiger partial charge >= 0.3 is 6.03 Å². The molecular weight excluding hydrogens is 324 g/mol. The van der Waals surface area contributed by atoms with E-state index in [1.165, 1.54) is 0 Å². The van der Waals surface area contributed by atoms with Gasteiger partial charge in [-0.15, -0.1) is 0 Å². The van der Waals surface area contributed by atoms with Crippen LogP contribution in [-0.2, 0) is 4.74 Å². The maximum Gasteiger partial charge on any atom is 0.323 e. The second-order valence-corrected chi connectivity index (χ2v) is 6.88. The summed E-state index contributed by atoms with van der Waals surface area (Å²) in [5.74, 6) is 1.36. The van der Waals surface area contributed by atoms with Crippen molar-refractivity contribution in [1.29, 1.82) is 0 Å². The number of pyridine rings is 1. The molecule has 0 aromatic carbocycles. The number of rotatable bonds is 3. The number of anilines is 2. The molecule has 1 aliphatic heterocycles. The molecule has 1 aliphatic rings. The van der Waals surface area contributed by atoms with E-state index >= 15 is 0 Å². The van der Waals surface area contributed by atoms with Gasteiger partial charge in [0.2, 0.25) is 0 Å². The molecule has 3 heterocycles. The average molecular weight is 346 g/mol. The largest absolute Gasteiger partial charge is 0.367 e. The van der Waals surface area contributed by atoms with Gasteiger partial charge in [-0.1, -0.05) is 6.07 Å². The number of hydrogen-bond acceptors (Lipinski definition) is 5. The molecule has 0 spiro atoms. The van der Waals surface area contributed by atoms with E-state index in [-0.39, 0.29) is 18.2 Å². The number of carbonyl (C=O) groups is 1. The molecule has 6 nitrogen and oxygen atoms in total. The summed E-state index contributed by atoms with van der Waals surface area (Å²) in [6.45, 7) is 3.10. The van der Waals surface area contributed by atoms with E-state index < -0.39 is 0 Å². The van der Waals surface area contributed by atoms with Gasteiger partial charge in [-0.3, -0.25) is 5.32 Å². The van der Waals surface area contributed by atoms with E-state index in [0.717, 1.165) is 11.4 Å². The van der Waals surface area contributed by atoms with Crippen LogP contribution in [0.3, 0.4) is 0 Å². The van der Waals surface area contributed by atoms with Crippen molar-refractivity contribution in [2.75, 3.05) is 37.4 Å². The molecule has 2 aromatic heterocycles. The molecule has 0 radical (unpaired) electrons. The molecule has 1 N–H and O–H groups in total. The number of amides is 2. The van der Waals surface area contributed by atoms with Crippen molar-refractivity contribution in [2.45, 2.75) is 19.1 Å². The second-order valence-electron chi connectivity index (χ2n) is 6.10. The van der Waals surface area contributed by atoms with Crippen LogP contribution in [0.4, 0.5) is 16.4 Å². The Morgan fingerprint density at radius 3 is 2.92 bits per heavy atom. The Labute approximate surface area is 146 Å². The summed E-state index contributed by atoms with van der Waals surface area (Å²) in [6.07, 6.45) is -0.0812. The smallest absolute Gasteiger partial charge is 0.323 e.